The van der Waals surface area contributed by atoms with Crippen molar-refractivity contribution in [3.05, 3.63) is 0 Å². The lowest BCUT2D eigenvalue weighted by Gasteiger charge is -2.41. The maximum atomic E-state index is 12.3. The molecule has 0 aromatic rings. The lowest BCUT2D eigenvalue weighted by atomic mass is 9.98. The second-order valence-electron chi connectivity index (χ2n) is 7.09. The number of rotatable bonds is 2. The summed E-state index contributed by atoms with van der Waals surface area (Å²) in [5.41, 5.74) is -0.482. The Morgan fingerprint density at radius 3 is 2.38 bits per heavy atom. The lowest BCUT2D eigenvalue weighted by molar-refractivity contribution is -0.137. The van der Waals surface area contributed by atoms with Gasteiger partial charge in [0.15, 0.2) is 0 Å². The lowest BCUT2D eigenvalue weighted by Crippen LogP contribution is -2.57. The van der Waals surface area contributed by atoms with Gasteiger partial charge in [-0.15, -0.1) is 0 Å². The Kier molecular flexibility index (Phi) is 4.76. The van der Waals surface area contributed by atoms with Crippen LogP contribution in [-0.4, -0.2) is 66.2 Å². The van der Waals surface area contributed by atoms with E-state index in [4.69, 9.17) is 4.74 Å². The highest BCUT2D eigenvalue weighted by atomic mass is 16.6. The van der Waals surface area contributed by atoms with Crippen molar-refractivity contribution in [2.75, 3.05) is 32.7 Å². The standard InChI is InChI=1S/C15H27N3O3/c1-11-10-17(14(20)21-15(2,3)4)5-6-18(11)13(19)7-12-8-16-9-12/h11-12,16H,5-10H2,1-4H3/t11-/m0/s1. The van der Waals surface area contributed by atoms with Gasteiger partial charge >= 0.3 is 6.09 Å². The molecule has 2 rings (SSSR count). The van der Waals surface area contributed by atoms with E-state index in [0.29, 0.717) is 32.0 Å². The quantitative estimate of drug-likeness (QED) is 0.828. The Morgan fingerprint density at radius 1 is 1.24 bits per heavy atom. The summed E-state index contributed by atoms with van der Waals surface area (Å²) in [6.07, 6.45) is 0.327. The molecule has 0 unspecified atom stereocenters. The number of carbonyl (C=O) groups excluding carboxylic acids is 2. The monoisotopic (exact) mass is 297 g/mol. The Hall–Kier alpha value is -1.30. The average Bonchev–Trinajstić information content (AvgIpc) is 2.31. The summed E-state index contributed by atoms with van der Waals surface area (Å²) < 4.78 is 5.39. The molecule has 0 spiro atoms. The van der Waals surface area contributed by atoms with Gasteiger partial charge in [0.1, 0.15) is 5.60 Å². The number of nitrogens with one attached hydrogen (secondary N) is 1. The summed E-state index contributed by atoms with van der Waals surface area (Å²) in [5, 5.41) is 3.18. The minimum absolute atomic E-state index is 0.0480. The van der Waals surface area contributed by atoms with Crippen molar-refractivity contribution in [1.29, 1.82) is 0 Å². The zero-order chi connectivity index (χ0) is 15.6. The van der Waals surface area contributed by atoms with Gasteiger partial charge in [0, 0.05) is 32.1 Å². The SMILES string of the molecule is C[C@H]1CN(C(=O)OC(C)(C)C)CCN1C(=O)CC1CNC1. The number of piperazine rings is 1. The predicted octanol–water partition coefficient (Wildman–Crippen LogP) is 1.06. The molecule has 0 radical (unpaired) electrons. The Balaban J connectivity index is 1.83. The van der Waals surface area contributed by atoms with Crippen LogP contribution in [0, 0.1) is 5.92 Å². The van der Waals surface area contributed by atoms with Crippen molar-refractivity contribution in [2.45, 2.75) is 45.8 Å². The largest absolute Gasteiger partial charge is 0.444 e. The number of hydrogen-bond acceptors (Lipinski definition) is 4. The van der Waals surface area contributed by atoms with Crippen LogP contribution in [0.1, 0.15) is 34.1 Å². The molecule has 2 saturated heterocycles. The van der Waals surface area contributed by atoms with E-state index in [-0.39, 0.29) is 18.0 Å². The Morgan fingerprint density at radius 2 is 1.90 bits per heavy atom. The second-order valence-corrected chi connectivity index (χ2v) is 7.09. The van der Waals surface area contributed by atoms with Crippen LogP contribution in [0.4, 0.5) is 4.79 Å². The molecule has 1 atom stereocenters. The van der Waals surface area contributed by atoms with Crippen LogP contribution in [0.5, 0.6) is 0 Å². The fourth-order valence-corrected chi connectivity index (χ4v) is 2.68. The summed E-state index contributed by atoms with van der Waals surface area (Å²) in [4.78, 5) is 27.9. The topological polar surface area (TPSA) is 61.9 Å². The second kappa shape index (κ2) is 6.22. The molecule has 2 aliphatic rings. The minimum atomic E-state index is -0.482. The highest BCUT2D eigenvalue weighted by Gasteiger charge is 2.33. The van der Waals surface area contributed by atoms with Crippen molar-refractivity contribution >= 4 is 12.0 Å². The van der Waals surface area contributed by atoms with Gasteiger partial charge in [0.25, 0.3) is 0 Å². The molecular weight excluding hydrogens is 270 g/mol. The molecule has 6 nitrogen and oxygen atoms in total. The molecule has 2 heterocycles. The van der Waals surface area contributed by atoms with Crippen LogP contribution in [0.3, 0.4) is 0 Å². The molecule has 120 valence electrons. The van der Waals surface area contributed by atoms with Crippen LogP contribution in [0.25, 0.3) is 0 Å². The van der Waals surface area contributed by atoms with Crippen LogP contribution in [0.2, 0.25) is 0 Å². The summed E-state index contributed by atoms with van der Waals surface area (Å²) in [5.74, 6) is 0.687. The molecule has 1 N–H and O–H groups in total. The van der Waals surface area contributed by atoms with Crippen molar-refractivity contribution in [2.24, 2.45) is 5.92 Å². The number of carbonyl (C=O) groups is 2. The first-order chi connectivity index (χ1) is 9.76. The maximum Gasteiger partial charge on any atom is 0.410 e. The Labute approximate surface area is 126 Å². The van der Waals surface area contributed by atoms with E-state index in [1.807, 2.05) is 32.6 Å². The van der Waals surface area contributed by atoms with E-state index in [1.54, 1.807) is 4.90 Å². The summed E-state index contributed by atoms with van der Waals surface area (Å²) in [6.45, 7) is 11.2. The van der Waals surface area contributed by atoms with Crippen LogP contribution < -0.4 is 5.32 Å². The molecule has 2 amide bonds. The summed E-state index contributed by atoms with van der Waals surface area (Å²) in [6, 6.07) is 0.0480. The van der Waals surface area contributed by atoms with E-state index in [2.05, 4.69) is 5.32 Å². The first kappa shape index (κ1) is 16.1. The van der Waals surface area contributed by atoms with E-state index >= 15 is 0 Å². The molecule has 0 aromatic carbocycles. The van der Waals surface area contributed by atoms with Crippen molar-refractivity contribution in [1.82, 2.24) is 15.1 Å². The van der Waals surface area contributed by atoms with Gasteiger partial charge in [-0.2, -0.15) is 0 Å². The first-order valence-corrected chi connectivity index (χ1v) is 7.74. The number of ether oxygens (including phenoxy) is 1. The van der Waals surface area contributed by atoms with E-state index in [1.165, 1.54) is 0 Å². The summed E-state index contributed by atoms with van der Waals surface area (Å²) >= 11 is 0. The van der Waals surface area contributed by atoms with Gasteiger partial charge in [-0.05, 0) is 46.7 Å². The minimum Gasteiger partial charge on any atom is -0.444 e. The number of hydrogen-bond donors (Lipinski definition) is 1. The predicted molar refractivity (Wildman–Crippen MR) is 80.0 cm³/mol. The maximum absolute atomic E-state index is 12.3. The third-order valence-electron chi connectivity index (χ3n) is 3.93. The number of amides is 2. The molecule has 2 aliphatic heterocycles. The van der Waals surface area contributed by atoms with E-state index in [0.717, 1.165) is 13.1 Å². The average molecular weight is 297 g/mol. The fraction of sp³-hybridized carbons (Fsp3) is 0.867. The molecular formula is C15H27N3O3. The molecule has 0 aromatic heterocycles. The molecule has 2 fully saturated rings. The van der Waals surface area contributed by atoms with Crippen LogP contribution in [-0.2, 0) is 9.53 Å². The van der Waals surface area contributed by atoms with Gasteiger partial charge in [-0.3, -0.25) is 4.79 Å². The van der Waals surface area contributed by atoms with Gasteiger partial charge in [-0.1, -0.05) is 0 Å². The van der Waals surface area contributed by atoms with Crippen molar-refractivity contribution in [3.63, 3.8) is 0 Å². The summed E-state index contributed by atoms with van der Waals surface area (Å²) in [7, 11) is 0. The molecule has 0 saturated carbocycles. The van der Waals surface area contributed by atoms with Crippen LogP contribution >= 0.6 is 0 Å². The Bertz CT molecular complexity index is 401. The van der Waals surface area contributed by atoms with Gasteiger partial charge < -0.3 is 19.9 Å². The van der Waals surface area contributed by atoms with Gasteiger partial charge in [0.05, 0.1) is 0 Å². The zero-order valence-electron chi connectivity index (χ0n) is 13.5. The van der Waals surface area contributed by atoms with Crippen LogP contribution in [0.15, 0.2) is 0 Å². The molecule has 0 bridgehead atoms. The molecule has 0 aliphatic carbocycles. The fourth-order valence-electron chi connectivity index (χ4n) is 2.68. The molecule has 6 heteroatoms. The third-order valence-corrected chi connectivity index (χ3v) is 3.93. The first-order valence-electron chi connectivity index (χ1n) is 7.74. The van der Waals surface area contributed by atoms with Gasteiger partial charge in [0.2, 0.25) is 5.91 Å². The smallest absolute Gasteiger partial charge is 0.410 e. The molecule has 21 heavy (non-hydrogen) atoms. The highest BCUT2D eigenvalue weighted by Crippen LogP contribution is 2.18. The third kappa shape index (κ3) is 4.33. The normalized spacial score (nSPS) is 23.7. The van der Waals surface area contributed by atoms with Gasteiger partial charge in [-0.25, -0.2) is 4.79 Å². The van der Waals surface area contributed by atoms with Crippen molar-refractivity contribution < 1.29 is 14.3 Å². The van der Waals surface area contributed by atoms with E-state index < -0.39 is 5.60 Å². The highest BCUT2D eigenvalue weighted by molar-refractivity contribution is 5.77. The van der Waals surface area contributed by atoms with Crippen molar-refractivity contribution in [3.8, 4) is 0 Å². The zero-order valence-corrected chi connectivity index (χ0v) is 13.5. The van der Waals surface area contributed by atoms with E-state index in [9.17, 15) is 9.59 Å². The number of nitrogens with zero attached hydrogens (tertiary/aromatic N) is 2.